The van der Waals surface area contributed by atoms with Crippen LogP contribution in [0.15, 0.2) is 0 Å². The van der Waals surface area contributed by atoms with Crippen molar-refractivity contribution in [3.05, 3.63) is 0 Å². The van der Waals surface area contributed by atoms with Gasteiger partial charge in [0.05, 0.1) is 0 Å². The molecule has 2 rings (SSSR count). The zero-order valence-corrected chi connectivity index (χ0v) is 11.7. The van der Waals surface area contributed by atoms with Crippen LogP contribution in [-0.4, -0.2) is 10.7 Å². The fourth-order valence-electron chi connectivity index (χ4n) is 3.81. The molecule has 0 heterocycles. The van der Waals surface area contributed by atoms with E-state index in [1.54, 1.807) is 0 Å². The highest BCUT2D eigenvalue weighted by atomic mass is 16.3. The van der Waals surface area contributed by atoms with Gasteiger partial charge in [0.25, 0.3) is 0 Å². The Balaban J connectivity index is 2.08. The Labute approximate surface area is 106 Å². The Morgan fingerprint density at radius 1 is 1.35 bits per heavy atom. The summed E-state index contributed by atoms with van der Waals surface area (Å²) in [7, 11) is 0. The summed E-state index contributed by atoms with van der Waals surface area (Å²) in [5.74, 6) is 8.05. The molecule has 96 valence electrons. The summed E-state index contributed by atoms with van der Waals surface area (Å²) in [5.41, 5.74) is -0.282. The van der Waals surface area contributed by atoms with E-state index >= 15 is 0 Å². The molecule has 0 spiro atoms. The van der Waals surface area contributed by atoms with Crippen molar-refractivity contribution < 1.29 is 5.11 Å². The first-order chi connectivity index (χ1) is 7.92. The van der Waals surface area contributed by atoms with Crippen molar-refractivity contribution in [1.82, 2.24) is 0 Å². The second-order valence-electron chi connectivity index (χ2n) is 6.68. The average Bonchev–Trinajstić information content (AvgIpc) is 2.71. The van der Waals surface area contributed by atoms with Crippen LogP contribution < -0.4 is 0 Å². The Morgan fingerprint density at radius 2 is 2.06 bits per heavy atom. The molecule has 0 aliphatic heterocycles. The van der Waals surface area contributed by atoms with Gasteiger partial charge in [-0.3, -0.25) is 0 Å². The molecule has 0 amide bonds. The zero-order valence-electron chi connectivity index (χ0n) is 11.7. The van der Waals surface area contributed by atoms with Crippen LogP contribution in [0, 0.1) is 35.0 Å². The predicted molar refractivity (Wildman–Crippen MR) is 71.4 cm³/mol. The van der Waals surface area contributed by atoms with Gasteiger partial charge in [0.1, 0.15) is 5.60 Å². The molecule has 0 aromatic carbocycles. The van der Waals surface area contributed by atoms with Gasteiger partial charge in [-0.05, 0) is 36.5 Å². The number of unbranched alkanes of at least 4 members (excludes halogenated alkanes) is 2. The molecule has 0 aromatic heterocycles. The molecule has 2 saturated carbocycles. The molecular formula is C16H26O. The lowest BCUT2D eigenvalue weighted by molar-refractivity contribution is -0.0250. The molecule has 1 heteroatoms. The molecule has 2 bridgehead atoms. The molecule has 2 aliphatic carbocycles. The van der Waals surface area contributed by atoms with E-state index in [0.29, 0.717) is 23.2 Å². The first-order valence-corrected chi connectivity index (χ1v) is 7.14. The molecule has 0 radical (unpaired) electrons. The second kappa shape index (κ2) is 4.32. The van der Waals surface area contributed by atoms with Crippen molar-refractivity contribution in [3.63, 3.8) is 0 Å². The quantitative estimate of drug-likeness (QED) is 0.571. The van der Waals surface area contributed by atoms with Crippen molar-refractivity contribution in [1.29, 1.82) is 0 Å². The van der Waals surface area contributed by atoms with E-state index in [2.05, 4.69) is 39.5 Å². The van der Waals surface area contributed by atoms with Crippen molar-refractivity contribution in [3.8, 4) is 11.8 Å². The van der Waals surface area contributed by atoms with Crippen LogP contribution in [0.2, 0.25) is 0 Å². The fourth-order valence-corrected chi connectivity index (χ4v) is 3.81. The maximum absolute atomic E-state index is 10.7. The van der Waals surface area contributed by atoms with E-state index in [4.69, 9.17) is 0 Å². The lowest BCUT2D eigenvalue weighted by atomic mass is 9.65. The van der Waals surface area contributed by atoms with E-state index in [9.17, 15) is 5.11 Å². The molecule has 0 saturated heterocycles. The number of rotatable bonds is 2. The fraction of sp³-hybridized carbons (Fsp3) is 0.875. The Hall–Kier alpha value is -0.480. The van der Waals surface area contributed by atoms with Crippen LogP contribution in [0.1, 0.15) is 59.8 Å². The van der Waals surface area contributed by atoms with Gasteiger partial charge in [-0.2, -0.15) is 0 Å². The van der Waals surface area contributed by atoms with Crippen LogP contribution >= 0.6 is 0 Å². The van der Waals surface area contributed by atoms with E-state index in [-0.39, 0.29) is 0 Å². The lowest BCUT2D eigenvalue weighted by Crippen LogP contribution is -2.44. The minimum absolute atomic E-state index is 0.391. The summed E-state index contributed by atoms with van der Waals surface area (Å²) in [6, 6.07) is 0. The Morgan fingerprint density at radius 3 is 2.59 bits per heavy atom. The summed E-state index contributed by atoms with van der Waals surface area (Å²) in [5, 5.41) is 10.7. The minimum atomic E-state index is -0.673. The topological polar surface area (TPSA) is 20.2 Å². The molecule has 1 N–H and O–H groups in total. The largest absolute Gasteiger partial charge is 0.377 e. The highest BCUT2D eigenvalue weighted by Gasteiger charge is 2.60. The molecular weight excluding hydrogens is 208 g/mol. The molecule has 0 aromatic rings. The van der Waals surface area contributed by atoms with Crippen LogP contribution in [0.5, 0.6) is 0 Å². The van der Waals surface area contributed by atoms with Gasteiger partial charge in [0.2, 0.25) is 0 Å². The van der Waals surface area contributed by atoms with Gasteiger partial charge < -0.3 is 5.11 Å². The van der Waals surface area contributed by atoms with Gasteiger partial charge in [0, 0.05) is 12.3 Å². The standard InChI is InChI=1S/C16H26O/c1-5-6-7-8-9-16(17)11-13-10-14(16)12(2)15(13,3)4/h12-14,17H,5-7,10-11H2,1-4H3/t12-,13+,14-,16+/m0/s1. The molecule has 0 unspecified atom stereocenters. The monoisotopic (exact) mass is 234 g/mol. The average molecular weight is 234 g/mol. The maximum Gasteiger partial charge on any atom is 0.128 e. The third-order valence-corrected chi connectivity index (χ3v) is 5.50. The van der Waals surface area contributed by atoms with Crippen molar-refractivity contribution in [2.45, 2.75) is 65.4 Å². The number of hydrogen-bond donors (Lipinski definition) is 1. The van der Waals surface area contributed by atoms with Crippen LogP contribution in [-0.2, 0) is 0 Å². The first kappa shape index (κ1) is 13.0. The molecule has 1 nitrogen and oxygen atoms in total. The van der Waals surface area contributed by atoms with Gasteiger partial charge in [-0.15, -0.1) is 5.92 Å². The third-order valence-electron chi connectivity index (χ3n) is 5.50. The third kappa shape index (κ3) is 2.02. The van der Waals surface area contributed by atoms with Gasteiger partial charge in [-0.1, -0.05) is 40.0 Å². The molecule has 2 fully saturated rings. The highest BCUT2D eigenvalue weighted by Crippen LogP contribution is 2.62. The van der Waals surface area contributed by atoms with Crippen molar-refractivity contribution in [2.24, 2.45) is 23.2 Å². The predicted octanol–water partition coefficient (Wildman–Crippen LogP) is 3.61. The molecule has 2 aliphatic rings. The van der Waals surface area contributed by atoms with Crippen LogP contribution in [0.25, 0.3) is 0 Å². The normalized spacial score (nSPS) is 42.3. The lowest BCUT2D eigenvalue weighted by Gasteiger charge is -2.42. The Bertz CT molecular complexity index is 342. The summed E-state index contributed by atoms with van der Waals surface area (Å²) in [6.07, 6.45) is 5.34. The second-order valence-corrected chi connectivity index (χ2v) is 6.68. The van der Waals surface area contributed by atoms with E-state index in [1.165, 1.54) is 12.8 Å². The van der Waals surface area contributed by atoms with Gasteiger partial charge >= 0.3 is 0 Å². The maximum atomic E-state index is 10.7. The smallest absolute Gasteiger partial charge is 0.128 e. The minimum Gasteiger partial charge on any atom is -0.377 e. The highest BCUT2D eigenvalue weighted by molar-refractivity contribution is 5.24. The zero-order chi connectivity index (χ0) is 12.7. The number of hydrogen-bond acceptors (Lipinski definition) is 1. The summed E-state index contributed by atoms with van der Waals surface area (Å²) < 4.78 is 0. The van der Waals surface area contributed by atoms with Crippen molar-refractivity contribution in [2.75, 3.05) is 0 Å². The number of aliphatic hydroxyl groups is 1. The van der Waals surface area contributed by atoms with E-state index in [0.717, 1.165) is 19.3 Å². The van der Waals surface area contributed by atoms with Gasteiger partial charge in [0.15, 0.2) is 0 Å². The van der Waals surface area contributed by atoms with Crippen LogP contribution in [0.3, 0.4) is 0 Å². The SMILES string of the molecule is CCCCC#C[C@@]1(O)C[C@H]2C[C@H]1[C@H](C)C2(C)C. The van der Waals surface area contributed by atoms with E-state index < -0.39 is 5.60 Å². The summed E-state index contributed by atoms with van der Waals surface area (Å²) in [4.78, 5) is 0. The molecule has 17 heavy (non-hydrogen) atoms. The van der Waals surface area contributed by atoms with Gasteiger partial charge in [-0.25, -0.2) is 0 Å². The first-order valence-electron chi connectivity index (χ1n) is 7.14. The van der Waals surface area contributed by atoms with E-state index in [1.807, 2.05) is 0 Å². The Kier molecular flexibility index (Phi) is 3.29. The van der Waals surface area contributed by atoms with Crippen LogP contribution in [0.4, 0.5) is 0 Å². The summed E-state index contributed by atoms with van der Waals surface area (Å²) >= 11 is 0. The number of fused-ring (bicyclic) bond motifs is 2. The molecule has 4 atom stereocenters. The van der Waals surface area contributed by atoms with Crippen molar-refractivity contribution >= 4 is 0 Å². The summed E-state index contributed by atoms with van der Waals surface area (Å²) in [6.45, 7) is 9.18.